The summed E-state index contributed by atoms with van der Waals surface area (Å²) < 4.78 is 0. The van der Waals surface area contributed by atoms with Crippen molar-refractivity contribution in [2.45, 2.75) is 0 Å². The minimum Gasteiger partial charge on any atom is -0.208 e. The van der Waals surface area contributed by atoms with Crippen LogP contribution in [0.3, 0.4) is 0 Å². The van der Waals surface area contributed by atoms with Crippen molar-refractivity contribution in [2.24, 2.45) is 0 Å². The molecule has 0 unspecified atom stereocenters. The highest BCUT2D eigenvalue weighted by Gasteiger charge is 2.14. The fraction of sp³-hybridized carbons (Fsp3) is 0. The summed E-state index contributed by atoms with van der Waals surface area (Å²) in [6, 6.07) is 40.6. The highest BCUT2D eigenvalue weighted by molar-refractivity contribution is 6.31. The maximum Gasteiger partial charge on any atom is 0.164 e. The number of hydrogen-bond donors (Lipinski definition) is 0. The van der Waals surface area contributed by atoms with Crippen LogP contribution in [-0.2, 0) is 0 Å². The number of nitrogens with zero attached hydrogens (tertiary/aromatic N) is 3. The van der Waals surface area contributed by atoms with E-state index >= 15 is 0 Å². The van der Waals surface area contributed by atoms with Crippen LogP contribution in [0.15, 0.2) is 121 Å². The van der Waals surface area contributed by atoms with Gasteiger partial charge in [-0.25, -0.2) is 15.0 Å². The summed E-state index contributed by atoms with van der Waals surface area (Å²) >= 11 is 6.64. The van der Waals surface area contributed by atoms with Crippen molar-refractivity contribution in [3.05, 3.63) is 126 Å². The number of benzene rings is 5. The standard InChI is InChI=1S/C31H20ClN3/c32-26-19-24(28-17-9-15-21-10-7-8-16-27(21)28)18-25(20-26)31-34-29(22-11-3-1-4-12-22)33-30(35-31)23-13-5-2-6-14-23/h1-20H. The molecule has 1 aromatic heterocycles. The van der Waals surface area contributed by atoms with Crippen LogP contribution in [0, 0.1) is 0 Å². The van der Waals surface area contributed by atoms with Gasteiger partial charge in [0.2, 0.25) is 0 Å². The van der Waals surface area contributed by atoms with E-state index in [1.165, 1.54) is 10.8 Å². The van der Waals surface area contributed by atoms with E-state index in [0.29, 0.717) is 22.5 Å². The van der Waals surface area contributed by atoms with Crippen molar-refractivity contribution in [3.8, 4) is 45.3 Å². The predicted molar refractivity (Wildman–Crippen MR) is 144 cm³/mol. The summed E-state index contributed by atoms with van der Waals surface area (Å²) in [4.78, 5) is 14.5. The van der Waals surface area contributed by atoms with Crippen molar-refractivity contribution < 1.29 is 0 Å². The van der Waals surface area contributed by atoms with Gasteiger partial charge < -0.3 is 0 Å². The Kier molecular flexibility index (Phi) is 5.53. The van der Waals surface area contributed by atoms with E-state index in [1.807, 2.05) is 72.8 Å². The largest absolute Gasteiger partial charge is 0.208 e. The third kappa shape index (κ3) is 4.30. The third-order valence-electron chi connectivity index (χ3n) is 5.96. The quantitative estimate of drug-likeness (QED) is 0.260. The Labute approximate surface area is 208 Å². The highest BCUT2D eigenvalue weighted by atomic mass is 35.5. The number of hydrogen-bond acceptors (Lipinski definition) is 3. The summed E-state index contributed by atoms with van der Waals surface area (Å²) in [5.41, 5.74) is 4.85. The highest BCUT2D eigenvalue weighted by Crippen LogP contribution is 2.34. The van der Waals surface area contributed by atoms with Gasteiger partial charge in [-0.2, -0.15) is 0 Å². The average Bonchev–Trinajstić information content (AvgIpc) is 2.93. The number of rotatable bonds is 4. The lowest BCUT2D eigenvalue weighted by atomic mass is 9.97. The summed E-state index contributed by atoms with van der Waals surface area (Å²) in [7, 11) is 0. The van der Waals surface area contributed by atoms with Crippen molar-refractivity contribution in [1.29, 1.82) is 0 Å². The van der Waals surface area contributed by atoms with E-state index in [9.17, 15) is 0 Å². The second-order valence-electron chi connectivity index (χ2n) is 8.29. The first kappa shape index (κ1) is 21.2. The van der Waals surface area contributed by atoms with E-state index in [2.05, 4.69) is 48.5 Å². The molecule has 166 valence electrons. The molecule has 5 aromatic carbocycles. The minimum absolute atomic E-state index is 0.585. The van der Waals surface area contributed by atoms with Gasteiger partial charge in [0.15, 0.2) is 17.5 Å². The average molecular weight is 470 g/mol. The van der Waals surface area contributed by atoms with Crippen LogP contribution < -0.4 is 0 Å². The van der Waals surface area contributed by atoms with Crippen molar-refractivity contribution in [3.63, 3.8) is 0 Å². The van der Waals surface area contributed by atoms with Gasteiger partial charge in [-0.1, -0.05) is 115 Å². The van der Waals surface area contributed by atoms with Gasteiger partial charge >= 0.3 is 0 Å². The van der Waals surface area contributed by atoms with E-state index in [0.717, 1.165) is 27.8 Å². The zero-order chi connectivity index (χ0) is 23.6. The molecule has 0 saturated carbocycles. The molecule has 0 saturated heterocycles. The summed E-state index contributed by atoms with van der Waals surface area (Å²) in [6.07, 6.45) is 0. The monoisotopic (exact) mass is 469 g/mol. The Hall–Kier alpha value is -4.34. The molecule has 0 aliphatic rings. The molecule has 0 aliphatic heterocycles. The molecule has 1 heterocycles. The Morgan fingerprint density at radius 3 is 1.60 bits per heavy atom. The second-order valence-corrected chi connectivity index (χ2v) is 8.73. The fourth-order valence-electron chi connectivity index (χ4n) is 4.29. The molecule has 35 heavy (non-hydrogen) atoms. The van der Waals surface area contributed by atoms with Gasteiger partial charge in [-0.05, 0) is 40.1 Å². The Balaban J connectivity index is 1.55. The van der Waals surface area contributed by atoms with Crippen LogP contribution in [0.25, 0.3) is 56.1 Å². The van der Waals surface area contributed by atoms with Crippen LogP contribution in [0.2, 0.25) is 5.02 Å². The predicted octanol–water partition coefficient (Wildman–Crippen LogP) is 8.35. The van der Waals surface area contributed by atoms with Crippen molar-refractivity contribution in [1.82, 2.24) is 15.0 Å². The van der Waals surface area contributed by atoms with Crippen molar-refractivity contribution in [2.75, 3.05) is 0 Å². The van der Waals surface area contributed by atoms with E-state index < -0.39 is 0 Å². The van der Waals surface area contributed by atoms with Gasteiger partial charge in [-0.15, -0.1) is 0 Å². The lowest BCUT2D eigenvalue weighted by Crippen LogP contribution is -2.00. The topological polar surface area (TPSA) is 38.7 Å². The van der Waals surface area contributed by atoms with E-state index in [1.54, 1.807) is 0 Å². The molecule has 0 aliphatic carbocycles. The number of fused-ring (bicyclic) bond motifs is 1. The molecule has 0 N–H and O–H groups in total. The Morgan fingerprint density at radius 1 is 0.429 bits per heavy atom. The minimum atomic E-state index is 0.585. The van der Waals surface area contributed by atoms with E-state index in [4.69, 9.17) is 26.6 Å². The van der Waals surface area contributed by atoms with Crippen LogP contribution in [0.5, 0.6) is 0 Å². The van der Waals surface area contributed by atoms with Gasteiger partial charge in [0.25, 0.3) is 0 Å². The second kappa shape index (κ2) is 9.13. The maximum atomic E-state index is 6.64. The molecule has 0 bridgehead atoms. The molecule has 6 rings (SSSR count). The van der Waals surface area contributed by atoms with Crippen molar-refractivity contribution >= 4 is 22.4 Å². The molecule has 4 heteroatoms. The first-order chi connectivity index (χ1) is 17.2. The Morgan fingerprint density at radius 2 is 0.943 bits per heavy atom. The van der Waals surface area contributed by atoms with Gasteiger partial charge in [0, 0.05) is 21.7 Å². The molecule has 6 aromatic rings. The molecule has 0 spiro atoms. The SMILES string of the molecule is Clc1cc(-c2nc(-c3ccccc3)nc(-c3ccccc3)n2)cc(-c2cccc3ccccc23)c1. The van der Waals surface area contributed by atoms with Crippen LogP contribution in [0.1, 0.15) is 0 Å². The summed E-state index contributed by atoms with van der Waals surface area (Å²) in [5, 5.41) is 2.99. The number of halogens is 1. The fourth-order valence-corrected chi connectivity index (χ4v) is 4.52. The molecule has 0 fully saturated rings. The lowest BCUT2D eigenvalue weighted by molar-refractivity contribution is 1.07. The van der Waals surface area contributed by atoms with Crippen LogP contribution in [-0.4, -0.2) is 15.0 Å². The summed E-state index contributed by atoms with van der Waals surface area (Å²) in [6.45, 7) is 0. The molecule has 0 radical (unpaired) electrons. The normalized spacial score (nSPS) is 11.0. The van der Waals surface area contributed by atoms with E-state index in [-0.39, 0.29) is 0 Å². The first-order valence-electron chi connectivity index (χ1n) is 11.4. The van der Waals surface area contributed by atoms with Gasteiger partial charge in [0.1, 0.15) is 0 Å². The van der Waals surface area contributed by atoms with Gasteiger partial charge in [-0.3, -0.25) is 0 Å². The smallest absolute Gasteiger partial charge is 0.164 e. The first-order valence-corrected chi connectivity index (χ1v) is 11.8. The molecule has 0 atom stereocenters. The van der Waals surface area contributed by atoms with Gasteiger partial charge in [0.05, 0.1) is 0 Å². The molecule has 0 amide bonds. The lowest BCUT2D eigenvalue weighted by Gasteiger charge is -2.11. The van der Waals surface area contributed by atoms with Crippen LogP contribution >= 0.6 is 11.6 Å². The van der Waals surface area contributed by atoms with Crippen LogP contribution in [0.4, 0.5) is 0 Å². The number of aromatic nitrogens is 3. The zero-order valence-electron chi connectivity index (χ0n) is 18.8. The zero-order valence-corrected chi connectivity index (χ0v) is 19.5. The third-order valence-corrected chi connectivity index (χ3v) is 6.17. The molecular weight excluding hydrogens is 450 g/mol. The molecule has 3 nitrogen and oxygen atoms in total. The molecular formula is C31H20ClN3. The Bertz CT molecular complexity index is 1580. The summed E-state index contributed by atoms with van der Waals surface area (Å²) in [5.74, 6) is 1.84. The maximum absolute atomic E-state index is 6.64.